The fraction of sp³-hybridized carbons (Fsp3) is 0.100. The number of aromatic nitrogens is 1. The highest BCUT2D eigenvalue weighted by Gasteiger charge is 2.39. The molecular weight excluding hydrogens is 418 g/mol. The Morgan fingerprint density at radius 3 is 1.71 bits per heavy atom. The van der Waals surface area contributed by atoms with Gasteiger partial charge in [0.25, 0.3) is 0 Å². The first kappa shape index (κ1) is 21.7. The summed E-state index contributed by atoms with van der Waals surface area (Å²) in [6.07, 6.45) is 2.44. The molecule has 1 heterocycles. The molecule has 0 bridgehead atoms. The van der Waals surface area contributed by atoms with Crippen molar-refractivity contribution < 1.29 is 4.79 Å². The Kier molecular flexibility index (Phi) is 5.98. The molecule has 0 saturated heterocycles. The van der Waals surface area contributed by atoms with E-state index in [1.54, 1.807) is 0 Å². The standard InChI is InChI=1S/C30H27N3O/c31-29(34)28(20-22-21-32-27-19-11-10-18-26(22)27)33-30(23-12-4-1-5-13-23,24-14-6-2-7-15-24)25-16-8-3-9-17-25/h1-19,21,28,32-33H,20H2,(H2,31,34). The van der Waals surface area contributed by atoms with Gasteiger partial charge in [-0.25, -0.2) is 0 Å². The Morgan fingerprint density at radius 1 is 0.735 bits per heavy atom. The molecule has 1 atom stereocenters. The van der Waals surface area contributed by atoms with Gasteiger partial charge in [-0.2, -0.15) is 0 Å². The Balaban J connectivity index is 1.67. The molecule has 1 amide bonds. The number of benzene rings is 4. The molecule has 0 radical (unpaired) electrons. The van der Waals surface area contributed by atoms with E-state index in [9.17, 15) is 4.79 Å². The van der Waals surface area contributed by atoms with Crippen LogP contribution in [0.5, 0.6) is 0 Å². The van der Waals surface area contributed by atoms with Crippen molar-refractivity contribution in [3.63, 3.8) is 0 Å². The smallest absolute Gasteiger partial charge is 0.234 e. The highest BCUT2D eigenvalue weighted by Crippen LogP contribution is 2.37. The number of amides is 1. The van der Waals surface area contributed by atoms with Gasteiger partial charge in [0.1, 0.15) is 0 Å². The maximum Gasteiger partial charge on any atom is 0.234 e. The van der Waals surface area contributed by atoms with Crippen molar-refractivity contribution in [2.45, 2.75) is 18.0 Å². The van der Waals surface area contributed by atoms with Crippen LogP contribution in [0.3, 0.4) is 0 Å². The lowest BCUT2D eigenvalue weighted by Gasteiger charge is -2.39. The summed E-state index contributed by atoms with van der Waals surface area (Å²) in [6, 6.07) is 38.2. The average molecular weight is 446 g/mol. The second-order valence-electron chi connectivity index (χ2n) is 8.51. The topological polar surface area (TPSA) is 70.9 Å². The van der Waals surface area contributed by atoms with Crippen LogP contribution in [0.15, 0.2) is 121 Å². The van der Waals surface area contributed by atoms with Crippen LogP contribution < -0.4 is 11.1 Å². The first-order valence-electron chi connectivity index (χ1n) is 11.5. The summed E-state index contributed by atoms with van der Waals surface area (Å²) in [6.45, 7) is 0. The lowest BCUT2D eigenvalue weighted by atomic mass is 9.76. The second-order valence-corrected chi connectivity index (χ2v) is 8.51. The fourth-order valence-electron chi connectivity index (χ4n) is 4.82. The van der Waals surface area contributed by atoms with Crippen LogP contribution in [0.1, 0.15) is 22.3 Å². The molecule has 5 aromatic rings. The van der Waals surface area contributed by atoms with Gasteiger partial charge in [-0.05, 0) is 34.7 Å². The van der Waals surface area contributed by atoms with Crippen molar-refractivity contribution >= 4 is 16.8 Å². The summed E-state index contributed by atoms with van der Waals surface area (Å²) in [5.74, 6) is -0.391. The Morgan fingerprint density at radius 2 is 1.21 bits per heavy atom. The molecule has 4 heteroatoms. The van der Waals surface area contributed by atoms with Crippen molar-refractivity contribution in [2.24, 2.45) is 5.73 Å². The molecule has 0 aliphatic rings. The van der Waals surface area contributed by atoms with Crippen LogP contribution >= 0.6 is 0 Å². The number of carbonyl (C=O) groups excluding carboxylic acids is 1. The van der Waals surface area contributed by atoms with E-state index in [0.29, 0.717) is 6.42 Å². The Hall–Kier alpha value is -4.15. The number of nitrogens with one attached hydrogen (secondary N) is 2. The van der Waals surface area contributed by atoms with Crippen LogP contribution in [-0.2, 0) is 16.8 Å². The van der Waals surface area contributed by atoms with Crippen LogP contribution in [0.25, 0.3) is 10.9 Å². The zero-order chi connectivity index (χ0) is 23.4. The van der Waals surface area contributed by atoms with Gasteiger partial charge in [0.15, 0.2) is 0 Å². The second kappa shape index (κ2) is 9.38. The maximum absolute atomic E-state index is 12.9. The first-order valence-corrected chi connectivity index (χ1v) is 11.5. The molecule has 0 saturated carbocycles. The highest BCUT2D eigenvalue weighted by atomic mass is 16.1. The van der Waals surface area contributed by atoms with E-state index in [1.165, 1.54) is 0 Å². The molecule has 4 N–H and O–H groups in total. The third kappa shape index (κ3) is 4.00. The van der Waals surface area contributed by atoms with E-state index in [1.807, 2.05) is 79.0 Å². The number of rotatable bonds is 8. The summed E-state index contributed by atoms with van der Waals surface area (Å²) >= 11 is 0. The van der Waals surface area contributed by atoms with Crippen molar-refractivity contribution in [1.82, 2.24) is 10.3 Å². The van der Waals surface area contributed by atoms with Gasteiger partial charge in [-0.15, -0.1) is 0 Å². The zero-order valence-electron chi connectivity index (χ0n) is 18.8. The maximum atomic E-state index is 12.9. The number of para-hydroxylation sites is 1. The number of hydrogen-bond donors (Lipinski definition) is 3. The molecule has 4 nitrogen and oxygen atoms in total. The number of carbonyl (C=O) groups is 1. The summed E-state index contributed by atoms with van der Waals surface area (Å²) in [5, 5.41) is 4.83. The fourth-order valence-corrected chi connectivity index (χ4v) is 4.82. The number of primary amides is 1. The van der Waals surface area contributed by atoms with E-state index in [2.05, 4.69) is 52.8 Å². The van der Waals surface area contributed by atoms with Gasteiger partial charge in [0, 0.05) is 17.1 Å². The van der Waals surface area contributed by atoms with Gasteiger partial charge in [-0.1, -0.05) is 109 Å². The Labute approximate surface area is 199 Å². The van der Waals surface area contributed by atoms with E-state index in [0.717, 1.165) is 33.2 Å². The number of aromatic amines is 1. The summed E-state index contributed by atoms with van der Waals surface area (Å²) in [4.78, 5) is 16.2. The van der Waals surface area contributed by atoms with Crippen LogP contribution in [-0.4, -0.2) is 16.9 Å². The number of fused-ring (bicyclic) bond motifs is 1. The van der Waals surface area contributed by atoms with Crippen molar-refractivity contribution in [2.75, 3.05) is 0 Å². The SMILES string of the molecule is NC(=O)C(Cc1c[nH]c2ccccc12)NC(c1ccccc1)(c1ccccc1)c1ccccc1. The van der Waals surface area contributed by atoms with Crippen LogP contribution in [0.4, 0.5) is 0 Å². The van der Waals surface area contributed by atoms with Crippen molar-refractivity contribution in [3.05, 3.63) is 144 Å². The highest BCUT2D eigenvalue weighted by molar-refractivity contribution is 5.85. The summed E-state index contributed by atoms with van der Waals surface area (Å²) in [7, 11) is 0. The molecule has 168 valence electrons. The molecule has 4 aromatic carbocycles. The molecule has 1 aromatic heterocycles. The number of H-pyrrole nitrogens is 1. The average Bonchev–Trinajstić information content (AvgIpc) is 3.31. The van der Waals surface area contributed by atoms with Crippen molar-refractivity contribution in [1.29, 1.82) is 0 Å². The van der Waals surface area contributed by atoms with Gasteiger partial charge in [0.2, 0.25) is 5.91 Å². The Bertz CT molecular complexity index is 1280. The first-order chi connectivity index (χ1) is 16.7. The molecule has 0 aliphatic carbocycles. The number of hydrogen-bond acceptors (Lipinski definition) is 2. The molecule has 1 unspecified atom stereocenters. The van der Waals surface area contributed by atoms with Crippen LogP contribution in [0.2, 0.25) is 0 Å². The van der Waals surface area contributed by atoms with Gasteiger partial charge >= 0.3 is 0 Å². The molecule has 34 heavy (non-hydrogen) atoms. The molecular formula is C30H27N3O. The summed E-state index contributed by atoms with van der Waals surface area (Å²) in [5.41, 5.74) is 10.5. The minimum Gasteiger partial charge on any atom is -0.368 e. The van der Waals surface area contributed by atoms with E-state index in [4.69, 9.17) is 5.73 Å². The van der Waals surface area contributed by atoms with Gasteiger partial charge in [-0.3, -0.25) is 10.1 Å². The quantitative estimate of drug-likeness (QED) is 0.289. The molecule has 5 rings (SSSR count). The van der Waals surface area contributed by atoms with Gasteiger partial charge in [0.05, 0.1) is 11.6 Å². The molecule has 0 aliphatic heterocycles. The summed E-state index contributed by atoms with van der Waals surface area (Å²) < 4.78 is 0. The lowest BCUT2D eigenvalue weighted by Crippen LogP contribution is -2.55. The normalized spacial score (nSPS) is 12.5. The largest absolute Gasteiger partial charge is 0.368 e. The van der Waals surface area contributed by atoms with Gasteiger partial charge < -0.3 is 10.7 Å². The predicted molar refractivity (Wildman–Crippen MR) is 137 cm³/mol. The minimum absolute atomic E-state index is 0.391. The predicted octanol–water partition coefficient (Wildman–Crippen LogP) is 5.15. The lowest BCUT2D eigenvalue weighted by molar-refractivity contribution is -0.120. The zero-order valence-corrected chi connectivity index (χ0v) is 18.8. The van der Waals surface area contributed by atoms with E-state index < -0.39 is 17.5 Å². The van der Waals surface area contributed by atoms with E-state index >= 15 is 0 Å². The third-order valence-electron chi connectivity index (χ3n) is 6.45. The third-order valence-corrected chi connectivity index (χ3v) is 6.45. The number of nitrogens with two attached hydrogens (primary N) is 1. The van der Waals surface area contributed by atoms with Crippen molar-refractivity contribution in [3.8, 4) is 0 Å². The van der Waals surface area contributed by atoms with E-state index in [-0.39, 0.29) is 0 Å². The molecule has 0 spiro atoms. The monoisotopic (exact) mass is 445 g/mol. The molecule has 0 fully saturated rings. The minimum atomic E-state index is -0.768. The van der Waals surface area contributed by atoms with Crippen LogP contribution in [0, 0.1) is 0 Å².